The van der Waals surface area contributed by atoms with Crippen molar-refractivity contribution in [2.24, 2.45) is 5.92 Å². The van der Waals surface area contributed by atoms with Crippen LogP contribution in [0.5, 0.6) is 0 Å². The van der Waals surface area contributed by atoms with Crippen molar-refractivity contribution in [3.05, 3.63) is 5.21 Å². The van der Waals surface area contributed by atoms with Gasteiger partial charge in [0.25, 0.3) is 0 Å². The van der Waals surface area contributed by atoms with E-state index in [2.05, 4.69) is 13.8 Å². The topological polar surface area (TPSA) is 66.8 Å². The highest BCUT2D eigenvalue weighted by molar-refractivity contribution is 4.58. The molecule has 4 heteroatoms. The Kier molecular flexibility index (Phi) is 17.5. The van der Waals surface area contributed by atoms with Gasteiger partial charge < -0.3 is 20.5 Å². The van der Waals surface area contributed by atoms with Crippen LogP contribution in [-0.4, -0.2) is 34.7 Å². The van der Waals surface area contributed by atoms with Gasteiger partial charge in [-0.15, -0.1) is 0 Å². The molecular formula is C20H42NO3-. The first-order valence-corrected chi connectivity index (χ1v) is 10.3. The molecule has 0 spiro atoms. The van der Waals surface area contributed by atoms with Crippen LogP contribution in [0.25, 0.3) is 0 Å². The van der Waals surface area contributed by atoms with Gasteiger partial charge in [-0.3, -0.25) is 0 Å². The number of unbranched alkanes of at least 4 members (excludes halogenated alkanes) is 12. The fourth-order valence-electron chi connectivity index (χ4n) is 3.06. The molecule has 0 fully saturated rings. The van der Waals surface area contributed by atoms with Crippen molar-refractivity contribution in [1.29, 1.82) is 0 Å². The van der Waals surface area contributed by atoms with E-state index in [1.807, 2.05) is 0 Å². The molecule has 0 aliphatic heterocycles. The molecule has 0 heterocycles. The third-order valence-corrected chi connectivity index (χ3v) is 4.56. The zero-order valence-electron chi connectivity index (χ0n) is 16.2. The Bertz CT molecular complexity index is 247. The van der Waals surface area contributed by atoms with Gasteiger partial charge in [-0.2, -0.15) is 0 Å². The maximum Gasteiger partial charge on any atom is 0.163 e. The molecule has 4 nitrogen and oxygen atoms in total. The highest BCUT2D eigenvalue weighted by Gasteiger charge is 1.99. The van der Waals surface area contributed by atoms with Gasteiger partial charge in [0.1, 0.15) is 0 Å². The van der Waals surface area contributed by atoms with E-state index in [1.165, 1.54) is 77.0 Å². The minimum atomic E-state index is -1.51. The van der Waals surface area contributed by atoms with E-state index in [9.17, 15) is 5.21 Å². The third kappa shape index (κ3) is 19.9. The quantitative estimate of drug-likeness (QED) is 0.203. The monoisotopic (exact) mass is 344 g/mol. The summed E-state index contributed by atoms with van der Waals surface area (Å²) in [5.41, 5.74) is 0. The van der Waals surface area contributed by atoms with E-state index in [0.717, 1.165) is 23.8 Å². The zero-order chi connectivity index (χ0) is 18.0. The lowest BCUT2D eigenvalue weighted by molar-refractivity contribution is -0.0542. The predicted molar refractivity (Wildman–Crippen MR) is 103 cm³/mol. The van der Waals surface area contributed by atoms with E-state index in [4.69, 9.17) is 10.2 Å². The lowest BCUT2D eigenvalue weighted by Gasteiger charge is -2.28. The molecule has 0 aromatic carbocycles. The summed E-state index contributed by atoms with van der Waals surface area (Å²) in [6.07, 6.45) is 16.7. The second-order valence-electron chi connectivity index (χ2n) is 7.65. The van der Waals surface area contributed by atoms with Crippen molar-refractivity contribution >= 4 is 0 Å². The minimum absolute atomic E-state index is 0.197. The highest BCUT2D eigenvalue weighted by Crippen LogP contribution is 2.14. The van der Waals surface area contributed by atoms with Crippen LogP contribution in [0.2, 0.25) is 0 Å². The number of rotatable bonds is 18. The van der Waals surface area contributed by atoms with Crippen molar-refractivity contribution in [2.45, 2.75) is 110 Å². The number of hydrogen-bond donors (Lipinski definition) is 2. The van der Waals surface area contributed by atoms with Gasteiger partial charge >= 0.3 is 0 Å². The number of aliphatic hydroxyl groups is 2. The first-order valence-electron chi connectivity index (χ1n) is 10.3. The maximum absolute atomic E-state index is 11.2. The third-order valence-electron chi connectivity index (χ3n) is 4.56. The van der Waals surface area contributed by atoms with Gasteiger partial charge in [0.2, 0.25) is 0 Å². The molecule has 0 bridgehead atoms. The van der Waals surface area contributed by atoms with Gasteiger partial charge in [0, 0.05) is 6.54 Å². The van der Waals surface area contributed by atoms with Crippen LogP contribution in [0.1, 0.15) is 104 Å². The van der Waals surface area contributed by atoms with E-state index < -0.39 is 6.29 Å². The van der Waals surface area contributed by atoms with Crippen molar-refractivity contribution < 1.29 is 10.2 Å². The van der Waals surface area contributed by atoms with Gasteiger partial charge in [-0.25, -0.2) is 0 Å². The van der Waals surface area contributed by atoms with Crippen LogP contribution >= 0.6 is 0 Å². The molecule has 0 saturated carbocycles. The molecule has 0 saturated heterocycles. The second-order valence-corrected chi connectivity index (χ2v) is 7.65. The summed E-state index contributed by atoms with van der Waals surface area (Å²) < 4.78 is 0. The van der Waals surface area contributed by atoms with E-state index in [-0.39, 0.29) is 6.54 Å². The molecule has 0 radical (unpaired) electrons. The van der Waals surface area contributed by atoms with E-state index in [1.54, 1.807) is 0 Å². The highest BCUT2D eigenvalue weighted by atomic mass is 16.5. The van der Waals surface area contributed by atoms with Crippen molar-refractivity contribution in [3.63, 3.8) is 0 Å². The molecule has 0 amide bonds. The van der Waals surface area contributed by atoms with E-state index >= 15 is 0 Å². The Morgan fingerprint density at radius 1 is 0.667 bits per heavy atom. The Balaban J connectivity index is 3.08. The molecule has 0 aromatic rings. The van der Waals surface area contributed by atoms with Crippen molar-refractivity contribution in [2.75, 3.05) is 13.1 Å². The molecule has 0 aromatic heterocycles. The lowest BCUT2D eigenvalue weighted by Crippen LogP contribution is -2.28. The number of nitrogens with zero attached hydrogens (tertiary/aromatic N) is 1. The van der Waals surface area contributed by atoms with Crippen molar-refractivity contribution in [1.82, 2.24) is 5.06 Å². The van der Waals surface area contributed by atoms with Crippen LogP contribution in [0.4, 0.5) is 0 Å². The second kappa shape index (κ2) is 17.7. The molecule has 0 atom stereocenters. The van der Waals surface area contributed by atoms with Crippen LogP contribution in [0, 0.1) is 11.1 Å². The van der Waals surface area contributed by atoms with Crippen LogP contribution < -0.4 is 0 Å². The average molecular weight is 345 g/mol. The molecule has 146 valence electrons. The molecule has 24 heavy (non-hydrogen) atoms. The average Bonchev–Trinajstić information content (AvgIpc) is 2.50. The van der Waals surface area contributed by atoms with Crippen LogP contribution in [0.15, 0.2) is 0 Å². The smallest absolute Gasteiger partial charge is 0.163 e. The largest absolute Gasteiger partial charge is 0.785 e. The Labute approximate surface area is 150 Å². The fraction of sp³-hybridized carbons (Fsp3) is 1.00. The molecule has 0 aliphatic carbocycles. The van der Waals surface area contributed by atoms with Crippen LogP contribution in [0.3, 0.4) is 0 Å². The first kappa shape index (κ1) is 23.8. The van der Waals surface area contributed by atoms with Gasteiger partial charge in [0.05, 0.1) is 0 Å². The summed E-state index contributed by atoms with van der Waals surface area (Å²) in [7, 11) is 0. The summed E-state index contributed by atoms with van der Waals surface area (Å²) in [5, 5.41) is 29.3. The summed E-state index contributed by atoms with van der Waals surface area (Å²) in [5.74, 6) is 0.859. The normalized spacial score (nSPS) is 12.0. The number of aliphatic hydroxyl groups excluding tert-OH is 1. The summed E-state index contributed by atoms with van der Waals surface area (Å²) in [6.45, 7) is 4.83. The van der Waals surface area contributed by atoms with Gasteiger partial charge in [-0.1, -0.05) is 97.3 Å². The lowest BCUT2D eigenvalue weighted by atomic mass is 10.0. The molecule has 2 N–H and O–H groups in total. The summed E-state index contributed by atoms with van der Waals surface area (Å²) in [4.78, 5) is 0. The molecule has 0 rings (SSSR count). The SMILES string of the molecule is CC(C)CCCCCCCCCCCCCCCN([O-])CC(O)O. The van der Waals surface area contributed by atoms with Gasteiger partial charge in [0.15, 0.2) is 6.29 Å². The Morgan fingerprint density at radius 3 is 1.42 bits per heavy atom. The molecular weight excluding hydrogens is 302 g/mol. The Morgan fingerprint density at radius 2 is 1.04 bits per heavy atom. The summed E-state index contributed by atoms with van der Waals surface area (Å²) in [6, 6.07) is 0. The predicted octanol–water partition coefficient (Wildman–Crippen LogP) is 5.21. The first-order chi connectivity index (χ1) is 11.5. The minimum Gasteiger partial charge on any atom is -0.785 e. The molecule has 0 aliphatic rings. The maximum atomic E-state index is 11.2. The number of hydrogen-bond acceptors (Lipinski definition) is 4. The van der Waals surface area contributed by atoms with Crippen LogP contribution in [-0.2, 0) is 0 Å². The van der Waals surface area contributed by atoms with E-state index in [0.29, 0.717) is 6.54 Å². The van der Waals surface area contributed by atoms with Crippen molar-refractivity contribution in [3.8, 4) is 0 Å². The fourth-order valence-corrected chi connectivity index (χ4v) is 3.06. The van der Waals surface area contributed by atoms with Gasteiger partial charge in [-0.05, 0) is 18.9 Å². The Hall–Kier alpha value is -0.160. The number of hydroxylamine groups is 2. The summed E-state index contributed by atoms with van der Waals surface area (Å²) >= 11 is 0. The molecule has 0 unspecified atom stereocenters. The zero-order valence-corrected chi connectivity index (χ0v) is 16.2. The standard InChI is InChI=1S/C20H42NO3/c1-19(2)16-14-12-10-8-6-4-3-5-7-9-11-13-15-17-21(24)18-20(22)23/h19-20,22-23H,3-18H2,1-2H3/q-1.